The minimum Gasteiger partial charge on any atom is -0.326 e. The first-order chi connectivity index (χ1) is 9.02. The van der Waals surface area contributed by atoms with E-state index in [2.05, 4.69) is 37.2 Å². The molecule has 0 bridgehead atoms. The second-order valence-electron chi connectivity index (χ2n) is 4.92. The lowest BCUT2D eigenvalue weighted by atomic mass is 10.2. The van der Waals surface area contributed by atoms with Crippen molar-refractivity contribution in [1.82, 2.24) is 4.90 Å². The lowest BCUT2D eigenvalue weighted by molar-refractivity contribution is -0.116. The van der Waals surface area contributed by atoms with E-state index in [1.807, 2.05) is 0 Å². The number of nitrogens with one attached hydrogen (secondary N) is 1. The maximum Gasteiger partial charge on any atom is 0.224 e. The summed E-state index contributed by atoms with van der Waals surface area (Å²) < 4.78 is 0. The number of amides is 1. The normalized spacial score (nSPS) is 10.5. The third-order valence-corrected chi connectivity index (χ3v) is 3.07. The summed E-state index contributed by atoms with van der Waals surface area (Å²) in [6.45, 7) is 5.17. The molecule has 0 aromatic heterocycles. The number of carbonyl (C=O) groups is 1. The molecule has 0 radical (unpaired) electrons. The number of hydrogen-bond acceptors (Lipinski definition) is 3. The molecule has 0 aliphatic carbocycles. The standard InChI is InChI=1S/C15H21N3O/c1-12(2)18(3)9-5-8-15(19)17-14-7-4-6-13(10-14)11-16/h4,6-7,10,12H,5,8-9H2,1-3H3,(H,17,19). The molecule has 1 aromatic rings. The molecule has 1 aromatic carbocycles. The number of carbonyl (C=O) groups excluding carboxylic acids is 1. The highest BCUT2D eigenvalue weighted by Crippen LogP contribution is 2.10. The van der Waals surface area contributed by atoms with Crippen molar-refractivity contribution < 1.29 is 4.79 Å². The average Bonchev–Trinajstić information content (AvgIpc) is 2.38. The van der Waals surface area contributed by atoms with Gasteiger partial charge in [-0.3, -0.25) is 4.79 Å². The first-order valence-electron chi connectivity index (χ1n) is 6.53. The minimum absolute atomic E-state index is 0.00718. The van der Waals surface area contributed by atoms with Crippen LogP contribution in [0.2, 0.25) is 0 Å². The lowest BCUT2D eigenvalue weighted by Crippen LogP contribution is -2.28. The zero-order chi connectivity index (χ0) is 14.3. The summed E-state index contributed by atoms with van der Waals surface area (Å²) in [5.41, 5.74) is 1.23. The molecule has 1 amide bonds. The van der Waals surface area contributed by atoms with Crippen molar-refractivity contribution in [2.75, 3.05) is 18.9 Å². The van der Waals surface area contributed by atoms with Gasteiger partial charge in [0.05, 0.1) is 11.6 Å². The van der Waals surface area contributed by atoms with Crippen LogP contribution in [0.4, 0.5) is 5.69 Å². The van der Waals surface area contributed by atoms with E-state index in [1.54, 1.807) is 24.3 Å². The molecule has 0 saturated carbocycles. The smallest absolute Gasteiger partial charge is 0.224 e. The Balaban J connectivity index is 2.37. The maximum atomic E-state index is 11.8. The van der Waals surface area contributed by atoms with Crippen molar-refractivity contribution in [3.8, 4) is 6.07 Å². The van der Waals surface area contributed by atoms with Gasteiger partial charge in [-0.15, -0.1) is 0 Å². The molecular formula is C15H21N3O. The van der Waals surface area contributed by atoms with E-state index in [0.29, 0.717) is 23.7 Å². The van der Waals surface area contributed by atoms with Gasteiger partial charge in [0.1, 0.15) is 0 Å². The molecule has 0 unspecified atom stereocenters. The van der Waals surface area contributed by atoms with Crippen LogP contribution in [0.5, 0.6) is 0 Å². The number of anilines is 1. The van der Waals surface area contributed by atoms with Gasteiger partial charge < -0.3 is 10.2 Å². The monoisotopic (exact) mass is 259 g/mol. The van der Waals surface area contributed by atoms with Crippen molar-refractivity contribution >= 4 is 11.6 Å². The topological polar surface area (TPSA) is 56.1 Å². The summed E-state index contributed by atoms with van der Waals surface area (Å²) in [6.07, 6.45) is 1.33. The van der Waals surface area contributed by atoms with Crippen LogP contribution in [0.25, 0.3) is 0 Å². The Bertz CT molecular complexity index is 463. The van der Waals surface area contributed by atoms with Crippen molar-refractivity contribution in [1.29, 1.82) is 5.26 Å². The molecule has 19 heavy (non-hydrogen) atoms. The van der Waals surface area contributed by atoms with E-state index in [1.165, 1.54) is 0 Å². The summed E-state index contributed by atoms with van der Waals surface area (Å²) in [7, 11) is 2.05. The van der Waals surface area contributed by atoms with Crippen LogP contribution in [0.3, 0.4) is 0 Å². The number of nitriles is 1. The van der Waals surface area contributed by atoms with E-state index < -0.39 is 0 Å². The van der Waals surface area contributed by atoms with E-state index in [0.717, 1.165) is 13.0 Å². The summed E-state index contributed by atoms with van der Waals surface area (Å²) in [6, 6.07) is 9.50. The van der Waals surface area contributed by atoms with Crippen molar-refractivity contribution in [3.63, 3.8) is 0 Å². The van der Waals surface area contributed by atoms with Gasteiger partial charge in [0.25, 0.3) is 0 Å². The Morgan fingerprint density at radius 2 is 2.21 bits per heavy atom. The third kappa shape index (κ3) is 5.54. The largest absolute Gasteiger partial charge is 0.326 e. The predicted octanol–water partition coefficient (Wildman–Crippen LogP) is 2.62. The fourth-order valence-corrected chi connectivity index (χ4v) is 1.64. The summed E-state index contributed by atoms with van der Waals surface area (Å²) in [5, 5.41) is 11.6. The molecule has 1 N–H and O–H groups in total. The first-order valence-corrected chi connectivity index (χ1v) is 6.53. The SMILES string of the molecule is CC(C)N(C)CCCC(=O)Nc1cccc(C#N)c1. The van der Waals surface area contributed by atoms with Gasteiger partial charge in [0.15, 0.2) is 0 Å². The Hall–Kier alpha value is -1.86. The highest BCUT2D eigenvalue weighted by Gasteiger charge is 2.06. The van der Waals surface area contributed by atoms with Crippen molar-refractivity contribution in [3.05, 3.63) is 29.8 Å². The van der Waals surface area contributed by atoms with Crippen molar-refractivity contribution in [2.24, 2.45) is 0 Å². The van der Waals surface area contributed by atoms with E-state index >= 15 is 0 Å². The van der Waals surface area contributed by atoms with Crippen LogP contribution in [0.15, 0.2) is 24.3 Å². The zero-order valence-corrected chi connectivity index (χ0v) is 11.8. The van der Waals surface area contributed by atoms with Crippen LogP contribution >= 0.6 is 0 Å². The molecular weight excluding hydrogens is 238 g/mol. The van der Waals surface area contributed by atoms with Gasteiger partial charge in [-0.2, -0.15) is 5.26 Å². The van der Waals surface area contributed by atoms with Crippen LogP contribution in [0.1, 0.15) is 32.3 Å². The van der Waals surface area contributed by atoms with Crippen LogP contribution in [-0.2, 0) is 4.79 Å². The lowest BCUT2D eigenvalue weighted by Gasteiger charge is -2.20. The number of rotatable bonds is 6. The summed E-state index contributed by atoms with van der Waals surface area (Å²) >= 11 is 0. The van der Waals surface area contributed by atoms with Crippen molar-refractivity contribution in [2.45, 2.75) is 32.7 Å². The number of hydrogen-bond donors (Lipinski definition) is 1. The van der Waals surface area contributed by atoms with E-state index in [9.17, 15) is 4.79 Å². The quantitative estimate of drug-likeness (QED) is 0.854. The fourth-order valence-electron chi connectivity index (χ4n) is 1.64. The zero-order valence-electron chi connectivity index (χ0n) is 11.8. The van der Waals surface area contributed by atoms with Gasteiger partial charge in [0, 0.05) is 18.2 Å². The van der Waals surface area contributed by atoms with Gasteiger partial charge >= 0.3 is 0 Å². The second-order valence-corrected chi connectivity index (χ2v) is 4.92. The Kier molecular flexibility index (Phi) is 6.04. The first kappa shape index (κ1) is 15.2. The van der Waals surface area contributed by atoms with Gasteiger partial charge in [-0.05, 0) is 52.1 Å². The average molecular weight is 259 g/mol. The van der Waals surface area contributed by atoms with Gasteiger partial charge in [-0.25, -0.2) is 0 Å². The molecule has 0 saturated heterocycles. The van der Waals surface area contributed by atoms with E-state index in [-0.39, 0.29) is 5.91 Å². The number of benzene rings is 1. The van der Waals surface area contributed by atoms with Gasteiger partial charge in [0.2, 0.25) is 5.91 Å². The highest BCUT2D eigenvalue weighted by atomic mass is 16.1. The van der Waals surface area contributed by atoms with Gasteiger partial charge in [-0.1, -0.05) is 6.07 Å². The summed E-state index contributed by atoms with van der Waals surface area (Å²) in [4.78, 5) is 14.0. The van der Waals surface area contributed by atoms with Crippen LogP contribution in [-0.4, -0.2) is 30.4 Å². The molecule has 0 atom stereocenters. The predicted molar refractivity (Wildman–Crippen MR) is 76.8 cm³/mol. The number of nitrogens with zero attached hydrogens (tertiary/aromatic N) is 2. The molecule has 0 aliphatic heterocycles. The molecule has 0 spiro atoms. The van der Waals surface area contributed by atoms with Crippen LogP contribution < -0.4 is 5.32 Å². The Morgan fingerprint density at radius 1 is 1.47 bits per heavy atom. The van der Waals surface area contributed by atoms with E-state index in [4.69, 9.17) is 5.26 Å². The fraction of sp³-hybridized carbons (Fsp3) is 0.467. The molecule has 4 nitrogen and oxygen atoms in total. The second kappa shape index (κ2) is 7.55. The molecule has 102 valence electrons. The molecule has 4 heteroatoms. The molecule has 0 heterocycles. The Morgan fingerprint density at radius 3 is 2.84 bits per heavy atom. The minimum atomic E-state index is -0.00718. The van der Waals surface area contributed by atoms with Crippen LogP contribution in [0, 0.1) is 11.3 Å². The highest BCUT2D eigenvalue weighted by molar-refractivity contribution is 5.90. The third-order valence-electron chi connectivity index (χ3n) is 3.07. The molecule has 1 rings (SSSR count). The summed E-state index contributed by atoms with van der Waals surface area (Å²) in [5.74, 6) is -0.00718. The molecule has 0 aliphatic rings. The maximum absolute atomic E-state index is 11.8. The Labute approximate surface area is 115 Å². The molecule has 0 fully saturated rings.